The Labute approximate surface area is 172 Å². The van der Waals surface area contributed by atoms with Crippen LogP contribution in [0.15, 0.2) is 54.6 Å². The molecule has 1 fully saturated rings. The van der Waals surface area contributed by atoms with Crippen LogP contribution in [0, 0.1) is 0 Å². The van der Waals surface area contributed by atoms with E-state index in [1.54, 1.807) is 20.3 Å². The van der Waals surface area contributed by atoms with Crippen molar-refractivity contribution in [2.24, 2.45) is 0 Å². The van der Waals surface area contributed by atoms with Crippen molar-refractivity contribution in [3.8, 4) is 11.5 Å². The van der Waals surface area contributed by atoms with Gasteiger partial charge in [0, 0.05) is 37.8 Å². The Kier molecular flexibility index (Phi) is 7.67. The number of carbonyl (C=O) groups is 1. The highest BCUT2D eigenvalue weighted by molar-refractivity contribution is 5.92. The van der Waals surface area contributed by atoms with Crippen LogP contribution in [0.3, 0.4) is 0 Å². The Morgan fingerprint density at radius 2 is 2.03 bits per heavy atom. The maximum atomic E-state index is 12.2. The number of methoxy groups -OCH3 is 2. The standard InChI is InChI=1S/C23H28N2O4/c1-27-20-9-10-22(28-2)19(14-20)8-11-23(26)24-15-21-17-25(12-13-29-21)16-18-6-4-3-5-7-18/h3-11,14,21H,12-13,15-17H2,1-2H3,(H,24,26). The van der Waals surface area contributed by atoms with Crippen molar-refractivity contribution in [2.45, 2.75) is 12.6 Å². The number of amides is 1. The minimum absolute atomic E-state index is 0.0174. The first-order valence-corrected chi connectivity index (χ1v) is 9.73. The maximum absolute atomic E-state index is 12.2. The molecule has 1 atom stereocenters. The average molecular weight is 396 g/mol. The number of morpholine rings is 1. The third kappa shape index (κ3) is 6.34. The Bertz CT molecular complexity index is 823. The molecule has 1 saturated heterocycles. The molecular formula is C23H28N2O4. The van der Waals surface area contributed by atoms with Gasteiger partial charge >= 0.3 is 0 Å². The van der Waals surface area contributed by atoms with Gasteiger partial charge in [-0.15, -0.1) is 0 Å². The van der Waals surface area contributed by atoms with Crippen molar-refractivity contribution in [2.75, 3.05) is 40.5 Å². The fourth-order valence-electron chi connectivity index (χ4n) is 3.30. The molecule has 2 aromatic rings. The lowest BCUT2D eigenvalue weighted by molar-refractivity contribution is -0.117. The van der Waals surface area contributed by atoms with E-state index in [0.717, 1.165) is 25.2 Å². The van der Waals surface area contributed by atoms with Gasteiger partial charge in [-0.2, -0.15) is 0 Å². The molecule has 1 N–H and O–H groups in total. The van der Waals surface area contributed by atoms with E-state index < -0.39 is 0 Å². The number of hydrogen-bond donors (Lipinski definition) is 1. The van der Waals surface area contributed by atoms with Crippen LogP contribution in [0.4, 0.5) is 0 Å². The SMILES string of the molecule is COc1ccc(OC)c(C=CC(=O)NCC2CN(Cc3ccccc3)CCO2)c1. The minimum atomic E-state index is -0.168. The molecule has 1 heterocycles. The molecule has 0 radical (unpaired) electrons. The van der Waals surface area contributed by atoms with E-state index in [9.17, 15) is 4.79 Å². The van der Waals surface area contributed by atoms with Crippen LogP contribution >= 0.6 is 0 Å². The quantitative estimate of drug-likeness (QED) is 0.696. The van der Waals surface area contributed by atoms with E-state index in [1.165, 1.54) is 11.6 Å². The third-order valence-electron chi connectivity index (χ3n) is 4.83. The van der Waals surface area contributed by atoms with Crippen LogP contribution in [-0.4, -0.2) is 57.4 Å². The van der Waals surface area contributed by atoms with Gasteiger partial charge in [0.15, 0.2) is 0 Å². The predicted molar refractivity (Wildman–Crippen MR) is 113 cm³/mol. The van der Waals surface area contributed by atoms with Gasteiger partial charge in [0.1, 0.15) is 11.5 Å². The number of hydrogen-bond acceptors (Lipinski definition) is 5. The summed E-state index contributed by atoms with van der Waals surface area (Å²) in [5.74, 6) is 1.22. The fourth-order valence-corrected chi connectivity index (χ4v) is 3.30. The first-order chi connectivity index (χ1) is 14.2. The summed E-state index contributed by atoms with van der Waals surface area (Å²) in [4.78, 5) is 14.6. The zero-order valence-corrected chi connectivity index (χ0v) is 17.0. The summed E-state index contributed by atoms with van der Waals surface area (Å²) >= 11 is 0. The van der Waals surface area contributed by atoms with Crippen molar-refractivity contribution < 1.29 is 19.0 Å². The van der Waals surface area contributed by atoms with Crippen molar-refractivity contribution >= 4 is 12.0 Å². The number of benzene rings is 2. The van der Waals surface area contributed by atoms with E-state index >= 15 is 0 Å². The molecule has 0 saturated carbocycles. The highest BCUT2D eigenvalue weighted by Crippen LogP contribution is 2.25. The summed E-state index contributed by atoms with van der Waals surface area (Å²) in [6.45, 7) is 3.73. The zero-order chi connectivity index (χ0) is 20.5. The second kappa shape index (κ2) is 10.6. The lowest BCUT2D eigenvalue weighted by Gasteiger charge is -2.33. The molecule has 0 aromatic heterocycles. The number of carbonyl (C=O) groups excluding carboxylic acids is 1. The van der Waals surface area contributed by atoms with Crippen LogP contribution in [-0.2, 0) is 16.1 Å². The lowest BCUT2D eigenvalue weighted by atomic mass is 10.1. The van der Waals surface area contributed by atoms with Gasteiger partial charge in [-0.05, 0) is 29.8 Å². The van der Waals surface area contributed by atoms with Gasteiger partial charge < -0.3 is 19.5 Å². The Morgan fingerprint density at radius 3 is 2.79 bits per heavy atom. The lowest BCUT2D eigenvalue weighted by Crippen LogP contribution is -2.46. The van der Waals surface area contributed by atoms with Gasteiger partial charge in [0.2, 0.25) is 5.91 Å². The van der Waals surface area contributed by atoms with Crippen LogP contribution in [0.5, 0.6) is 11.5 Å². The third-order valence-corrected chi connectivity index (χ3v) is 4.83. The molecule has 0 aliphatic carbocycles. The van der Waals surface area contributed by atoms with Gasteiger partial charge in [-0.25, -0.2) is 0 Å². The molecule has 0 spiro atoms. The molecule has 1 unspecified atom stereocenters. The van der Waals surface area contributed by atoms with Crippen LogP contribution < -0.4 is 14.8 Å². The smallest absolute Gasteiger partial charge is 0.244 e. The van der Waals surface area contributed by atoms with Crippen molar-refractivity contribution in [3.05, 3.63) is 65.7 Å². The van der Waals surface area contributed by atoms with Crippen molar-refractivity contribution in [3.63, 3.8) is 0 Å². The van der Waals surface area contributed by atoms with Crippen LogP contribution in [0.25, 0.3) is 6.08 Å². The molecule has 6 nitrogen and oxygen atoms in total. The molecule has 3 rings (SSSR count). The second-order valence-corrected chi connectivity index (χ2v) is 6.90. The number of rotatable bonds is 8. The summed E-state index contributed by atoms with van der Waals surface area (Å²) in [7, 11) is 3.20. The predicted octanol–water partition coefficient (Wildman–Crippen LogP) is 2.73. The molecule has 6 heteroatoms. The average Bonchev–Trinajstić information content (AvgIpc) is 2.77. The van der Waals surface area contributed by atoms with E-state index in [4.69, 9.17) is 14.2 Å². The Morgan fingerprint density at radius 1 is 1.21 bits per heavy atom. The number of ether oxygens (including phenoxy) is 3. The normalized spacial score (nSPS) is 17.2. The van der Waals surface area contributed by atoms with Crippen LogP contribution in [0.2, 0.25) is 0 Å². The summed E-state index contributed by atoms with van der Waals surface area (Å²) in [6, 6.07) is 15.8. The maximum Gasteiger partial charge on any atom is 0.244 e. The Balaban J connectivity index is 1.49. The summed E-state index contributed by atoms with van der Waals surface area (Å²) in [5, 5.41) is 2.92. The summed E-state index contributed by atoms with van der Waals surface area (Å²) in [6.07, 6.45) is 3.21. The van der Waals surface area contributed by atoms with Gasteiger partial charge in [-0.3, -0.25) is 9.69 Å². The molecular weight excluding hydrogens is 368 g/mol. The molecule has 0 bridgehead atoms. The van der Waals surface area contributed by atoms with E-state index in [1.807, 2.05) is 24.3 Å². The Hall–Kier alpha value is -2.83. The monoisotopic (exact) mass is 396 g/mol. The first-order valence-electron chi connectivity index (χ1n) is 9.73. The largest absolute Gasteiger partial charge is 0.497 e. The highest BCUT2D eigenvalue weighted by atomic mass is 16.5. The fraction of sp³-hybridized carbons (Fsp3) is 0.348. The van der Waals surface area contributed by atoms with E-state index in [2.05, 4.69) is 34.5 Å². The number of nitrogens with one attached hydrogen (secondary N) is 1. The minimum Gasteiger partial charge on any atom is -0.497 e. The van der Waals surface area contributed by atoms with E-state index in [-0.39, 0.29) is 12.0 Å². The topological polar surface area (TPSA) is 60.0 Å². The van der Waals surface area contributed by atoms with Gasteiger partial charge in [0.05, 0.1) is 26.9 Å². The van der Waals surface area contributed by atoms with Crippen molar-refractivity contribution in [1.82, 2.24) is 10.2 Å². The molecule has 154 valence electrons. The number of nitrogens with zero attached hydrogens (tertiary/aromatic N) is 1. The van der Waals surface area contributed by atoms with Crippen LogP contribution in [0.1, 0.15) is 11.1 Å². The molecule has 1 amide bonds. The first kappa shape index (κ1) is 20.9. The zero-order valence-electron chi connectivity index (χ0n) is 17.0. The van der Waals surface area contributed by atoms with Gasteiger partial charge in [0.25, 0.3) is 0 Å². The molecule has 2 aromatic carbocycles. The highest BCUT2D eigenvalue weighted by Gasteiger charge is 2.20. The molecule has 1 aliphatic heterocycles. The summed E-state index contributed by atoms with van der Waals surface area (Å²) in [5.41, 5.74) is 2.07. The van der Waals surface area contributed by atoms with Gasteiger partial charge in [-0.1, -0.05) is 30.3 Å². The molecule has 29 heavy (non-hydrogen) atoms. The molecule has 1 aliphatic rings. The van der Waals surface area contributed by atoms with Crippen molar-refractivity contribution in [1.29, 1.82) is 0 Å². The van der Waals surface area contributed by atoms with E-state index in [0.29, 0.717) is 24.7 Å². The summed E-state index contributed by atoms with van der Waals surface area (Å²) < 4.78 is 16.4. The second-order valence-electron chi connectivity index (χ2n) is 6.90.